The standard InChI is InChI=1S/C31H33N7O4/c1-36(2)20-9-10-32-25(14-20)24-16-37(35-28(24)18-3-4-18)21-11-17(12-21)15-33-19-5-6-22-23(13-19)31(42)38(30(22)41)26-7-8-27(39)34-29(26)40/h5-6,9-10,13-14,16-18,21,26,33H,3-4,7-8,11-12,15H2,1-2H3,(H,34,39,40)/t17-,21-,26?. The molecular weight excluding hydrogens is 534 g/mol. The second-order valence-corrected chi connectivity index (χ2v) is 12.1. The molecule has 1 aromatic carbocycles. The van der Waals surface area contributed by atoms with Crippen molar-refractivity contribution >= 4 is 35.0 Å². The number of carbonyl (C=O) groups excluding carboxylic acids is 4. The van der Waals surface area contributed by atoms with Crippen LogP contribution in [0.5, 0.6) is 0 Å². The Morgan fingerprint density at radius 3 is 2.50 bits per heavy atom. The third-order valence-electron chi connectivity index (χ3n) is 8.88. The lowest BCUT2D eigenvalue weighted by molar-refractivity contribution is -0.136. The molecule has 0 radical (unpaired) electrons. The zero-order valence-corrected chi connectivity index (χ0v) is 23.7. The van der Waals surface area contributed by atoms with E-state index in [1.807, 2.05) is 26.4 Å². The zero-order chi connectivity index (χ0) is 29.1. The number of piperidine rings is 1. The van der Waals surface area contributed by atoms with Gasteiger partial charge in [0.05, 0.1) is 28.6 Å². The number of aromatic nitrogens is 3. The van der Waals surface area contributed by atoms with E-state index in [4.69, 9.17) is 5.10 Å². The highest BCUT2D eigenvalue weighted by molar-refractivity contribution is 6.23. The lowest BCUT2D eigenvalue weighted by Gasteiger charge is -2.35. The molecule has 4 heterocycles. The molecule has 7 rings (SSSR count). The number of fused-ring (bicyclic) bond motifs is 1. The molecule has 3 fully saturated rings. The predicted octanol–water partition coefficient (Wildman–Crippen LogP) is 3.35. The van der Waals surface area contributed by atoms with Crippen LogP contribution in [0.2, 0.25) is 0 Å². The van der Waals surface area contributed by atoms with Gasteiger partial charge in [-0.1, -0.05) is 0 Å². The van der Waals surface area contributed by atoms with Gasteiger partial charge < -0.3 is 10.2 Å². The van der Waals surface area contributed by atoms with Crippen LogP contribution >= 0.6 is 0 Å². The van der Waals surface area contributed by atoms with E-state index in [-0.39, 0.29) is 29.9 Å². The SMILES string of the molecule is CN(C)c1ccnc(-c2cn([C@H]3C[C@H](CNc4ccc5c(c4)C(=O)N(C4CCC(=O)NC4=O)C5=O)C3)nc2C2CC2)c1. The Morgan fingerprint density at radius 1 is 0.976 bits per heavy atom. The number of benzene rings is 1. The zero-order valence-electron chi connectivity index (χ0n) is 23.7. The Morgan fingerprint density at radius 2 is 1.76 bits per heavy atom. The molecule has 42 heavy (non-hydrogen) atoms. The second kappa shape index (κ2) is 10.1. The number of anilines is 2. The summed E-state index contributed by atoms with van der Waals surface area (Å²) in [5.41, 5.74) is 5.69. The number of hydrogen-bond donors (Lipinski definition) is 2. The molecule has 2 saturated carbocycles. The molecule has 1 saturated heterocycles. The maximum Gasteiger partial charge on any atom is 0.262 e. The molecule has 2 aliphatic carbocycles. The van der Waals surface area contributed by atoms with Crippen LogP contribution in [0, 0.1) is 5.92 Å². The van der Waals surface area contributed by atoms with Gasteiger partial charge in [-0.2, -0.15) is 5.10 Å². The van der Waals surface area contributed by atoms with Crippen molar-refractivity contribution in [1.29, 1.82) is 0 Å². The Balaban J connectivity index is 0.991. The van der Waals surface area contributed by atoms with E-state index in [2.05, 4.69) is 37.5 Å². The van der Waals surface area contributed by atoms with Crippen molar-refractivity contribution in [2.45, 2.75) is 56.5 Å². The third kappa shape index (κ3) is 4.62. The lowest BCUT2D eigenvalue weighted by Crippen LogP contribution is -2.54. The Hall–Kier alpha value is -4.54. The van der Waals surface area contributed by atoms with Crippen LogP contribution in [0.4, 0.5) is 11.4 Å². The first kappa shape index (κ1) is 26.4. The van der Waals surface area contributed by atoms with E-state index in [9.17, 15) is 19.2 Å². The Kier molecular flexibility index (Phi) is 6.32. The summed E-state index contributed by atoms with van der Waals surface area (Å²) in [5.74, 6) is -1.02. The summed E-state index contributed by atoms with van der Waals surface area (Å²) < 4.78 is 2.13. The summed E-state index contributed by atoms with van der Waals surface area (Å²) in [6.45, 7) is 0.740. The first-order valence-corrected chi connectivity index (χ1v) is 14.6. The van der Waals surface area contributed by atoms with Crippen LogP contribution < -0.4 is 15.5 Å². The highest BCUT2D eigenvalue weighted by atomic mass is 16.2. The number of imide groups is 2. The summed E-state index contributed by atoms with van der Waals surface area (Å²) in [4.78, 5) is 57.6. The van der Waals surface area contributed by atoms with Gasteiger partial charge in [0.25, 0.3) is 11.8 Å². The van der Waals surface area contributed by atoms with Crippen LogP contribution in [-0.2, 0) is 9.59 Å². The van der Waals surface area contributed by atoms with Crippen LogP contribution in [0.15, 0.2) is 42.7 Å². The van der Waals surface area contributed by atoms with Crippen LogP contribution in [0.3, 0.4) is 0 Å². The van der Waals surface area contributed by atoms with E-state index in [1.165, 1.54) is 12.8 Å². The minimum atomic E-state index is -0.964. The molecule has 0 spiro atoms. The van der Waals surface area contributed by atoms with Gasteiger partial charge in [0.2, 0.25) is 11.8 Å². The van der Waals surface area contributed by atoms with E-state index in [0.717, 1.165) is 52.6 Å². The first-order valence-electron chi connectivity index (χ1n) is 14.6. The van der Waals surface area contributed by atoms with E-state index >= 15 is 0 Å². The molecule has 1 unspecified atom stereocenters. The average molecular weight is 568 g/mol. The van der Waals surface area contributed by atoms with Gasteiger partial charge in [-0.3, -0.25) is 39.1 Å². The smallest absolute Gasteiger partial charge is 0.262 e. The van der Waals surface area contributed by atoms with Crippen molar-refractivity contribution < 1.29 is 19.2 Å². The number of carbonyl (C=O) groups is 4. The van der Waals surface area contributed by atoms with Crippen molar-refractivity contribution in [2.24, 2.45) is 5.92 Å². The van der Waals surface area contributed by atoms with Crippen molar-refractivity contribution in [3.8, 4) is 11.3 Å². The fourth-order valence-corrected chi connectivity index (χ4v) is 6.22. The molecule has 11 nitrogen and oxygen atoms in total. The molecular formula is C31H33N7O4. The third-order valence-corrected chi connectivity index (χ3v) is 8.88. The second-order valence-electron chi connectivity index (χ2n) is 12.1. The van der Waals surface area contributed by atoms with Gasteiger partial charge in [0.15, 0.2) is 0 Å². The minimum Gasteiger partial charge on any atom is -0.385 e. The summed E-state index contributed by atoms with van der Waals surface area (Å²) >= 11 is 0. The molecule has 2 N–H and O–H groups in total. The van der Waals surface area contributed by atoms with Gasteiger partial charge >= 0.3 is 0 Å². The van der Waals surface area contributed by atoms with Gasteiger partial charge in [-0.15, -0.1) is 0 Å². The van der Waals surface area contributed by atoms with Crippen molar-refractivity contribution in [1.82, 2.24) is 25.0 Å². The van der Waals surface area contributed by atoms with E-state index in [1.54, 1.807) is 18.2 Å². The number of pyridine rings is 1. The van der Waals surface area contributed by atoms with Crippen LogP contribution in [-0.4, -0.2) is 70.0 Å². The fraction of sp³-hybridized carbons (Fsp3) is 0.419. The largest absolute Gasteiger partial charge is 0.385 e. The summed E-state index contributed by atoms with van der Waals surface area (Å²) in [7, 11) is 4.06. The number of amides is 4. The molecule has 1 atom stereocenters. The van der Waals surface area contributed by atoms with E-state index < -0.39 is 23.8 Å². The molecule has 0 bridgehead atoms. The Bertz CT molecular complexity index is 1620. The van der Waals surface area contributed by atoms with Gasteiger partial charge in [0.1, 0.15) is 6.04 Å². The topological polar surface area (TPSA) is 130 Å². The van der Waals surface area contributed by atoms with Crippen LogP contribution in [0.25, 0.3) is 11.3 Å². The molecule has 2 aromatic heterocycles. The maximum absolute atomic E-state index is 13.1. The molecule has 3 aromatic rings. The first-order chi connectivity index (χ1) is 20.3. The minimum absolute atomic E-state index is 0.0985. The molecule has 216 valence electrons. The van der Waals surface area contributed by atoms with Crippen LogP contribution in [0.1, 0.15) is 76.9 Å². The highest BCUT2D eigenvalue weighted by Gasteiger charge is 2.44. The molecule has 11 heteroatoms. The van der Waals surface area contributed by atoms with Gasteiger partial charge in [-0.05, 0) is 68.4 Å². The molecule has 2 aliphatic heterocycles. The summed E-state index contributed by atoms with van der Waals surface area (Å²) in [6, 6.07) is 8.63. The fourth-order valence-electron chi connectivity index (χ4n) is 6.22. The van der Waals surface area contributed by atoms with Gasteiger partial charge in [0, 0.05) is 62.3 Å². The summed E-state index contributed by atoms with van der Waals surface area (Å²) in [5, 5.41) is 10.7. The van der Waals surface area contributed by atoms with Crippen molar-refractivity contribution in [2.75, 3.05) is 30.9 Å². The molecule has 4 aliphatic rings. The number of rotatable bonds is 8. The van der Waals surface area contributed by atoms with E-state index in [0.29, 0.717) is 17.9 Å². The lowest BCUT2D eigenvalue weighted by atomic mass is 9.80. The molecule has 4 amide bonds. The Labute approximate surface area is 243 Å². The normalized spacial score (nSPS) is 23.5. The number of nitrogens with one attached hydrogen (secondary N) is 2. The average Bonchev–Trinajstić information content (AvgIpc) is 3.66. The predicted molar refractivity (Wildman–Crippen MR) is 155 cm³/mol. The number of hydrogen-bond acceptors (Lipinski definition) is 8. The number of nitrogens with zero attached hydrogens (tertiary/aromatic N) is 5. The summed E-state index contributed by atoms with van der Waals surface area (Å²) in [6.07, 6.45) is 8.61. The monoisotopic (exact) mass is 567 g/mol. The highest BCUT2D eigenvalue weighted by Crippen LogP contribution is 2.46. The maximum atomic E-state index is 13.1. The van der Waals surface area contributed by atoms with Gasteiger partial charge in [-0.25, -0.2) is 0 Å². The van der Waals surface area contributed by atoms with Crippen molar-refractivity contribution in [3.63, 3.8) is 0 Å². The van der Waals surface area contributed by atoms with Crippen molar-refractivity contribution in [3.05, 3.63) is 59.5 Å². The quantitative estimate of drug-likeness (QED) is 0.397.